The van der Waals surface area contributed by atoms with Crippen LogP contribution in [0.5, 0.6) is 0 Å². The summed E-state index contributed by atoms with van der Waals surface area (Å²) in [6.07, 6.45) is 0. The normalized spacial score (nSPS) is 11.7. The summed E-state index contributed by atoms with van der Waals surface area (Å²) in [4.78, 5) is 2.42. The molecule has 2 aromatic heterocycles. The van der Waals surface area contributed by atoms with Crippen LogP contribution in [0.4, 0.5) is 17.1 Å². The minimum absolute atomic E-state index is 0.903. The van der Waals surface area contributed by atoms with Crippen LogP contribution in [0.25, 0.3) is 97.0 Å². The van der Waals surface area contributed by atoms with Crippen LogP contribution < -0.4 is 4.90 Å². The summed E-state index contributed by atoms with van der Waals surface area (Å²) in [7, 11) is 0. The third kappa shape index (κ3) is 5.62. The molecule has 0 N–H and O–H groups in total. The van der Waals surface area contributed by atoms with E-state index in [9.17, 15) is 0 Å². The first-order valence-electron chi connectivity index (χ1n) is 20.1. The second kappa shape index (κ2) is 13.6. The Morgan fingerprint density at radius 3 is 1.66 bits per heavy atom. The summed E-state index contributed by atoms with van der Waals surface area (Å²) >= 11 is 1.88. The molecule has 2 heterocycles. The Labute approximate surface area is 345 Å². The number of hydrogen-bond acceptors (Lipinski definition) is 3. The smallest absolute Gasteiger partial charge is 0.136 e. The van der Waals surface area contributed by atoms with Gasteiger partial charge in [0, 0.05) is 37.6 Å². The minimum Gasteiger partial charge on any atom is -0.456 e. The van der Waals surface area contributed by atoms with Gasteiger partial charge in [-0.25, -0.2) is 0 Å². The molecule has 0 bridgehead atoms. The van der Waals surface area contributed by atoms with E-state index < -0.39 is 0 Å². The Morgan fingerprint density at radius 1 is 0.322 bits per heavy atom. The van der Waals surface area contributed by atoms with Gasteiger partial charge in [-0.3, -0.25) is 0 Å². The monoisotopic (exact) mass is 769 g/mol. The first-order chi connectivity index (χ1) is 29.2. The van der Waals surface area contributed by atoms with Crippen molar-refractivity contribution in [3.05, 3.63) is 212 Å². The average molecular weight is 770 g/mol. The second-order valence-corrected chi connectivity index (χ2v) is 16.3. The topological polar surface area (TPSA) is 16.4 Å². The van der Waals surface area contributed by atoms with Gasteiger partial charge < -0.3 is 9.32 Å². The summed E-state index contributed by atoms with van der Waals surface area (Å²) in [6, 6.07) is 77.0. The molecule has 12 aromatic rings. The van der Waals surface area contributed by atoms with Gasteiger partial charge in [0.2, 0.25) is 0 Å². The third-order valence-corrected chi connectivity index (χ3v) is 13.1. The number of rotatable bonds is 6. The van der Waals surface area contributed by atoms with E-state index in [2.05, 4.69) is 205 Å². The number of thiophene rings is 1. The lowest BCUT2D eigenvalue weighted by Crippen LogP contribution is -2.10. The Balaban J connectivity index is 0.992. The van der Waals surface area contributed by atoms with Crippen molar-refractivity contribution in [3.8, 4) is 33.4 Å². The molecule has 0 amide bonds. The molecular formula is C56H35NOS. The maximum absolute atomic E-state index is 6.27. The summed E-state index contributed by atoms with van der Waals surface area (Å²) in [5.41, 5.74) is 12.3. The van der Waals surface area contributed by atoms with Gasteiger partial charge in [-0.05, 0) is 110 Å². The van der Waals surface area contributed by atoms with Crippen LogP contribution in [0.1, 0.15) is 0 Å². The zero-order chi connectivity index (χ0) is 38.9. The zero-order valence-corrected chi connectivity index (χ0v) is 32.8. The lowest BCUT2D eigenvalue weighted by Gasteiger charge is -2.26. The number of nitrogens with zero attached hydrogens (tertiary/aromatic N) is 1. The highest BCUT2D eigenvalue weighted by molar-refractivity contribution is 7.27. The molecule has 2 nitrogen and oxygen atoms in total. The van der Waals surface area contributed by atoms with Crippen LogP contribution in [0.3, 0.4) is 0 Å². The Morgan fingerprint density at radius 2 is 0.881 bits per heavy atom. The Bertz CT molecular complexity index is 3540. The molecule has 0 atom stereocenters. The summed E-state index contributed by atoms with van der Waals surface area (Å²) < 4.78 is 8.83. The van der Waals surface area contributed by atoms with E-state index in [1.807, 2.05) is 23.5 Å². The predicted octanol–water partition coefficient (Wildman–Crippen LogP) is 16.7. The van der Waals surface area contributed by atoms with Crippen molar-refractivity contribution < 1.29 is 4.42 Å². The van der Waals surface area contributed by atoms with Gasteiger partial charge in [0.1, 0.15) is 11.2 Å². The van der Waals surface area contributed by atoms with Crippen LogP contribution >= 0.6 is 11.3 Å². The standard InChI is InChI=1S/C56H35NOS/c1-2-10-38(11-3-1)46-15-8-16-49-50-17-9-18-52(56(50)59-55(46)49)57(44-31-26-37(27-32-44)42-28-33-48-47-14-6-7-19-53(47)58-54(48)35-42)43-29-24-36(25-30-43)41-23-22-40-21-20-39-12-4-5-13-45(39)51(40)34-41/h1-35H. The lowest BCUT2D eigenvalue weighted by molar-refractivity contribution is 0.669. The van der Waals surface area contributed by atoms with Crippen molar-refractivity contribution in [3.63, 3.8) is 0 Å². The fourth-order valence-electron chi connectivity index (χ4n) is 8.95. The van der Waals surface area contributed by atoms with Crippen LogP contribution in [-0.4, -0.2) is 0 Å². The van der Waals surface area contributed by atoms with Gasteiger partial charge in [-0.2, -0.15) is 0 Å². The van der Waals surface area contributed by atoms with E-state index in [0.29, 0.717) is 0 Å². The maximum Gasteiger partial charge on any atom is 0.136 e. The van der Waals surface area contributed by atoms with Crippen LogP contribution in [-0.2, 0) is 0 Å². The molecule has 0 fully saturated rings. The molecular weight excluding hydrogens is 735 g/mol. The van der Waals surface area contributed by atoms with Gasteiger partial charge >= 0.3 is 0 Å². The van der Waals surface area contributed by atoms with Crippen molar-refractivity contribution in [2.75, 3.05) is 4.90 Å². The van der Waals surface area contributed by atoms with E-state index in [-0.39, 0.29) is 0 Å². The van der Waals surface area contributed by atoms with Crippen molar-refractivity contribution in [2.45, 2.75) is 0 Å². The number of anilines is 3. The van der Waals surface area contributed by atoms with Crippen molar-refractivity contribution in [2.24, 2.45) is 0 Å². The fraction of sp³-hybridized carbons (Fsp3) is 0. The number of para-hydroxylation sites is 1. The molecule has 0 aliphatic heterocycles. The molecule has 3 heteroatoms. The summed E-state index contributed by atoms with van der Waals surface area (Å²) in [6.45, 7) is 0. The van der Waals surface area contributed by atoms with E-state index in [0.717, 1.165) is 50.1 Å². The van der Waals surface area contributed by atoms with Gasteiger partial charge in [-0.1, -0.05) is 158 Å². The molecule has 0 saturated heterocycles. The molecule has 59 heavy (non-hydrogen) atoms. The van der Waals surface area contributed by atoms with Crippen LogP contribution in [0.15, 0.2) is 217 Å². The fourth-order valence-corrected chi connectivity index (χ4v) is 10.3. The molecule has 12 rings (SSSR count). The minimum atomic E-state index is 0.903. The molecule has 0 radical (unpaired) electrons. The molecule has 0 aliphatic rings. The number of furan rings is 1. The SMILES string of the molecule is c1ccc(-c2cccc3c2sc2c(N(c4ccc(-c5ccc6c(c5)oc5ccccc56)cc4)c4ccc(-c5ccc6ccc7ccccc7c6c5)cc4)cccc23)cc1. The largest absolute Gasteiger partial charge is 0.456 e. The summed E-state index contributed by atoms with van der Waals surface area (Å²) in [5.74, 6) is 0. The van der Waals surface area contributed by atoms with Gasteiger partial charge in [0.15, 0.2) is 0 Å². The second-order valence-electron chi connectivity index (χ2n) is 15.3. The van der Waals surface area contributed by atoms with Crippen molar-refractivity contribution in [1.29, 1.82) is 0 Å². The van der Waals surface area contributed by atoms with Gasteiger partial charge in [0.05, 0.1) is 10.4 Å². The van der Waals surface area contributed by atoms with Gasteiger partial charge in [0.25, 0.3) is 0 Å². The highest BCUT2D eigenvalue weighted by Gasteiger charge is 2.20. The van der Waals surface area contributed by atoms with Crippen molar-refractivity contribution in [1.82, 2.24) is 0 Å². The maximum atomic E-state index is 6.27. The first-order valence-corrected chi connectivity index (χ1v) is 20.9. The number of hydrogen-bond donors (Lipinski definition) is 0. The molecule has 0 spiro atoms. The zero-order valence-electron chi connectivity index (χ0n) is 32.0. The number of fused-ring (bicyclic) bond motifs is 9. The highest BCUT2D eigenvalue weighted by atomic mass is 32.1. The Kier molecular flexibility index (Phi) is 7.75. The molecule has 10 aromatic carbocycles. The van der Waals surface area contributed by atoms with Gasteiger partial charge in [-0.15, -0.1) is 11.3 Å². The predicted molar refractivity (Wildman–Crippen MR) is 253 cm³/mol. The lowest BCUT2D eigenvalue weighted by atomic mass is 9.97. The van der Waals surface area contributed by atoms with Crippen LogP contribution in [0, 0.1) is 0 Å². The average Bonchev–Trinajstić information content (AvgIpc) is 3.88. The third-order valence-electron chi connectivity index (χ3n) is 11.9. The molecule has 0 unspecified atom stereocenters. The summed E-state index contributed by atoms with van der Waals surface area (Å²) in [5, 5.41) is 9.90. The highest BCUT2D eigenvalue weighted by Crippen LogP contribution is 2.47. The van der Waals surface area contributed by atoms with E-state index in [4.69, 9.17) is 4.42 Å². The number of benzene rings is 10. The van der Waals surface area contributed by atoms with E-state index in [1.165, 1.54) is 64.0 Å². The Hall–Kier alpha value is -7.46. The van der Waals surface area contributed by atoms with Crippen molar-refractivity contribution >= 4 is 92.1 Å². The molecule has 276 valence electrons. The van der Waals surface area contributed by atoms with E-state index in [1.54, 1.807) is 0 Å². The van der Waals surface area contributed by atoms with E-state index >= 15 is 0 Å². The molecule has 0 aliphatic carbocycles. The molecule has 0 saturated carbocycles. The quantitative estimate of drug-likeness (QED) is 0.157. The first kappa shape index (κ1) is 33.7. The van der Waals surface area contributed by atoms with Crippen LogP contribution in [0.2, 0.25) is 0 Å².